The predicted octanol–water partition coefficient (Wildman–Crippen LogP) is 0.524. The van der Waals surface area contributed by atoms with Gasteiger partial charge in [0.15, 0.2) is 5.12 Å². The van der Waals surface area contributed by atoms with Crippen LogP contribution < -0.4 is 0 Å². The molecule has 0 unspecified atom stereocenters. The van der Waals surface area contributed by atoms with Crippen LogP contribution in [0.4, 0.5) is 0 Å². The van der Waals surface area contributed by atoms with Gasteiger partial charge in [0.2, 0.25) is 0 Å². The number of carbonyl (C=O) groups is 2. The summed E-state index contributed by atoms with van der Waals surface area (Å²) in [4.78, 5) is 28.4. The number of carbonyl (C=O) groups excluding carboxylic acids is 2. The van der Waals surface area contributed by atoms with Gasteiger partial charge >= 0.3 is 0 Å². The summed E-state index contributed by atoms with van der Waals surface area (Å²) in [6.45, 7) is 2.85. The Morgan fingerprint density at radius 2 is 2.19 bits per heavy atom. The van der Waals surface area contributed by atoms with Crippen molar-refractivity contribution in [3.05, 3.63) is 18.2 Å². The topological polar surface area (TPSA) is 55.2 Å². The number of aryl methyl sites for hydroxylation is 1. The molecule has 0 bridgehead atoms. The van der Waals surface area contributed by atoms with E-state index in [9.17, 15) is 9.59 Å². The van der Waals surface area contributed by atoms with Crippen molar-refractivity contribution in [1.29, 1.82) is 0 Å². The number of nitrogens with zero attached hydrogens (tertiary/aromatic N) is 3. The highest BCUT2D eigenvalue weighted by Gasteiger charge is 2.33. The first kappa shape index (κ1) is 11.2. The lowest BCUT2D eigenvalue weighted by Crippen LogP contribution is -2.52. The van der Waals surface area contributed by atoms with E-state index in [2.05, 4.69) is 4.98 Å². The Hall–Kier alpha value is -1.30. The maximum Gasteiger partial charge on any atom is 0.272 e. The van der Waals surface area contributed by atoms with Gasteiger partial charge in [-0.3, -0.25) is 9.59 Å². The lowest BCUT2D eigenvalue weighted by atomic mass is 10.2. The van der Waals surface area contributed by atoms with Gasteiger partial charge in [-0.1, -0.05) is 11.8 Å². The molecule has 1 aromatic rings. The van der Waals surface area contributed by atoms with Gasteiger partial charge in [0.05, 0.1) is 12.5 Å². The zero-order valence-electron chi connectivity index (χ0n) is 9.21. The van der Waals surface area contributed by atoms with Crippen molar-refractivity contribution in [2.45, 2.75) is 12.2 Å². The van der Waals surface area contributed by atoms with Crippen LogP contribution in [0.1, 0.15) is 17.4 Å². The highest BCUT2D eigenvalue weighted by atomic mass is 32.2. The summed E-state index contributed by atoms with van der Waals surface area (Å²) in [6.07, 6.45) is 3.17. The number of hydrogen-bond donors (Lipinski definition) is 0. The summed E-state index contributed by atoms with van der Waals surface area (Å²) in [5.74, 6) is -0.0135. The molecule has 0 atom stereocenters. The van der Waals surface area contributed by atoms with Gasteiger partial charge in [-0.2, -0.15) is 0 Å². The lowest BCUT2D eigenvalue weighted by molar-refractivity contribution is -0.109. The minimum Gasteiger partial charge on any atom is -0.335 e. The van der Waals surface area contributed by atoms with E-state index in [1.165, 1.54) is 11.8 Å². The minimum atomic E-state index is -0.0135. The van der Waals surface area contributed by atoms with Crippen LogP contribution in [0.25, 0.3) is 0 Å². The van der Waals surface area contributed by atoms with Crippen molar-refractivity contribution < 1.29 is 9.59 Å². The highest BCUT2D eigenvalue weighted by molar-refractivity contribution is 8.14. The van der Waals surface area contributed by atoms with E-state index in [-0.39, 0.29) is 16.3 Å². The van der Waals surface area contributed by atoms with E-state index < -0.39 is 0 Å². The SMILES string of the molecule is CC(=O)SC1CN(C(=O)c2cncn2C)C1. The number of imidazole rings is 1. The number of rotatable bonds is 2. The van der Waals surface area contributed by atoms with Crippen LogP contribution in [-0.2, 0) is 11.8 Å². The van der Waals surface area contributed by atoms with Gasteiger partial charge in [-0.05, 0) is 0 Å². The molecule has 5 nitrogen and oxygen atoms in total. The molecule has 1 saturated heterocycles. The summed E-state index contributed by atoms with van der Waals surface area (Å²) < 4.78 is 1.70. The number of amides is 1. The maximum atomic E-state index is 11.9. The van der Waals surface area contributed by atoms with Crippen molar-refractivity contribution >= 4 is 22.8 Å². The maximum absolute atomic E-state index is 11.9. The molecule has 86 valence electrons. The Morgan fingerprint density at radius 3 is 2.69 bits per heavy atom. The minimum absolute atomic E-state index is 0.0135. The van der Waals surface area contributed by atoms with Gasteiger partial charge in [0.1, 0.15) is 5.69 Å². The molecule has 0 radical (unpaired) electrons. The Balaban J connectivity index is 1.91. The van der Waals surface area contributed by atoms with Crippen LogP contribution in [0.3, 0.4) is 0 Å². The zero-order chi connectivity index (χ0) is 11.7. The van der Waals surface area contributed by atoms with Crippen LogP contribution in [0.5, 0.6) is 0 Å². The summed E-state index contributed by atoms with van der Waals surface area (Å²) in [5, 5.41) is 0.368. The molecule has 1 aromatic heterocycles. The molecule has 0 aliphatic carbocycles. The second-order valence-electron chi connectivity index (χ2n) is 3.83. The number of aromatic nitrogens is 2. The van der Waals surface area contributed by atoms with E-state index >= 15 is 0 Å². The summed E-state index contributed by atoms with van der Waals surface area (Å²) in [5.41, 5.74) is 0.589. The third-order valence-corrected chi connectivity index (χ3v) is 3.47. The Labute approximate surface area is 97.8 Å². The largest absolute Gasteiger partial charge is 0.335 e. The first-order chi connectivity index (χ1) is 7.58. The van der Waals surface area contributed by atoms with Crippen molar-refractivity contribution in [2.24, 2.45) is 7.05 Å². The molecule has 2 heterocycles. The monoisotopic (exact) mass is 239 g/mol. The van der Waals surface area contributed by atoms with E-state index in [0.717, 1.165) is 0 Å². The summed E-state index contributed by atoms with van der Waals surface area (Å²) >= 11 is 1.31. The first-order valence-corrected chi connectivity index (χ1v) is 5.88. The number of likely N-dealkylation sites (tertiary alicyclic amines) is 1. The Bertz CT molecular complexity index is 423. The summed E-state index contributed by atoms with van der Waals surface area (Å²) in [7, 11) is 1.79. The van der Waals surface area contributed by atoms with Gasteiger partial charge < -0.3 is 9.47 Å². The number of thioether (sulfide) groups is 1. The molecular formula is C10H13N3O2S. The Morgan fingerprint density at radius 1 is 1.50 bits per heavy atom. The van der Waals surface area contributed by atoms with Crippen LogP contribution in [-0.4, -0.2) is 43.8 Å². The third-order valence-electron chi connectivity index (χ3n) is 2.50. The van der Waals surface area contributed by atoms with Crippen LogP contribution in [0.2, 0.25) is 0 Å². The quantitative estimate of drug-likeness (QED) is 0.755. The normalized spacial score (nSPS) is 16.0. The molecule has 0 spiro atoms. The highest BCUT2D eigenvalue weighted by Crippen LogP contribution is 2.24. The molecule has 2 rings (SSSR count). The molecular weight excluding hydrogens is 226 g/mol. The molecule has 0 aromatic carbocycles. The average Bonchev–Trinajstić information content (AvgIpc) is 2.56. The standard InChI is InChI=1S/C10H13N3O2S/c1-7(14)16-8-4-13(5-8)10(15)9-3-11-6-12(9)2/h3,6,8H,4-5H2,1-2H3. The molecule has 0 saturated carbocycles. The molecule has 16 heavy (non-hydrogen) atoms. The van der Waals surface area contributed by atoms with Crippen molar-refractivity contribution in [2.75, 3.05) is 13.1 Å². The predicted molar refractivity (Wildman–Crippen MR) is 61.2 cm³/mol. The molecule has 6 heteroatoms. The molecule has 1 amide bonds. The fourth-order valence-electron chi connectivity index (χ4n) is 1.64. The molecule has 1 aliphatic heterocycles. The molecule has 1 fully saturated rings. The fraction of sp³-hybridized carbons (Fsp3) is 0.500. The van der Waals surface area contributed by atoms with E-state index in [1.54, 1.807) is 36.0 Å². The molecule has 1 aliphatic rings. The van der Waals surface area contributed by atoms with Gasteiger partial charge in [-0.25, -0.2) is 4.98 Å². The van der Waals surface area contributed by atoms with Crippen LogP contribution in [0, 0.1) is 0 Å². The van der Waals surface area contributed by atoms with Crippen molar-refractivity contribution in [3.63, 3.8) is 0 Å². The average molecular weight is 239 g/mol. The van der Waals surface area contributed by atoms with E-state index in [1.807, 2.05) is 0 Å². The van der Waals surface area contributed by atoms with Gasteiger partial charge in [0.25, 0.3) is 5.91 Å². The van der Waals surface area contributed by atoms with Crippen molar-refractivity contribution in [1.82, 2.24) is 14.5 Å². The fourth-order valence-corrected chi connectivity index (χ4v) is 2.62. The van der Waals surface area contributed by atoms with Crippen LogP contribution >= 0.6 is 11.8 Å². The number of hydrogen-bond acceptors (Lipinski definition) is 4. The smallest absolute Gasteiger partial charge is 0.272 e. The summed E-state index contributed by atoms with van der Waals surface area (Å²) in [6, 6.07) is 0. The van der Waals surface area contributed by atoms with E-state index in [4.69, 9.17) is 0 Å². The molecule has 0 N–H and O–H groups in total. The second kappa shape index (κ2) is 4.29. The third kappa shape index (κ3) is 2.11. The lowest BCUT2D eigenvalue weighted by Gasteiger charge is -2.38. The zero-order valence-corrected chi connectivity index (χ0v) is 10.0. The van der Waals surface area contributed by atoms with Gasteiger partial charge in [-0.15, -0.1) is 0 Å². The van der Waals surface area contributed by atoms with Crippen molar-refractivity contribution in [3.8, 4) is 0 Å². The Kier molecular flexibility index (Phi) is 3.00. The van der Waals surface area contributed by atoms with E-state index in [0.29, 0.717) is 18.8 Å². The first-order valence-electron chi connectivity index (χ1n) is 5.00. The van der Waals surface area contributed by atoms with Gasteiger partial charge in [0, 0.05) is 32.3 Å². The van der Waals surface area contributed by atoms with Crippen LogP contribution in [0.15, 0.2) is 12.5 Å². The second-order valence-corrected chi connectivity index (χ2v) is 5.31.